The summed E-state index contributed by atoms with van der Waals surface area (Å²) in [6, 6.07) is 0.696. The van der Waals surface area contributed by atoms with E-state index in [4.69, 9.17) is 0 Å². The van der Waals surface area contributed by atoms with Crippen LogP contribution in [0.5, 0.6) is 0 Å². The van der Waals surface area contributed by atoms with Crippen molar-refractivity contribution in [1.82, 2.24) is 15.5 Å². The molecular formula is C11H16F3N3S. The topological polar surface area (TPSA) is 37.8 Å². The molecule has 0 unspecified atom stereocenters. The van der Waals surface area contributed by atoms with Gasteiger partial charge >= 0.3 is 6.18 Å². The van der Waals surface area contributed by atoms with E-state index in [2.05, 4.69) is 15.5 Å². The van der Waals surface area contributed by atoms with Crippen LogP contribution in [-0.4, -0.2) is 29.0 Å². The molecule has 1 fully saturated rings. The summed E-state index contributed by atoms with van der Waals surface area (Å²) in [7, 11) is 0. The number of aryl methyl sites for hydroxylation is 2. The lowest BCUT2D eigenvalue weighted by molar-refractivity contribution is -0.134. The summed E-state index contributed by atoms with van der Waals surface area (Å²) in [5, 5.41) is 12.4. The van der Waals surface area contributed by atoms with Gasteiger partial charge < -0.3 is 5.32 Å². The predicted molar refractivity (Wildman–Crippen MR) is 63.6 cm³/mol. The third kappa shape index (κ3) is 5.30. The molecule has 1 aliphatic carbocycles. The molecule has 0 aromatic carbocycles. The number of nitrogens with zero attached hydrogens (tertiary/aromatic N) is 2. The summed E-state index contributed by atoms with van der Waals surface area (Å²) in [5.41, 5.74) is 0. The van der Waals surface area contributed by atoms with E-state index in [1.54, 1.807) is 0 Å². The molecular weight excluding hydrogens is 263 g/mol. The van der Waals surface area contributed by atoms with Gasteiger partial charge in [0, 0.05) is 25.3 Å². The van der Waals surface area contributed by atoms with Gasteiger partial charge in [0.15, 0.2) is 0 Å². The van der Waals surface area contributed by atoms with E-state index in [0.717, 1.165) is 24.4 Å². The lowest BCUT2D eigenvalue weighted by Gasteiger charge is -2.02. The fraction of sp³-hybridized carbons (Fsp3) is 0.818. The number of halogens is 3. The van der Waals surface area contributed by atoms with Gasteiger partial charge in [0.05, 0.1) is 0 Å². The Morgan fingerprint density at radius 3 is 2.44 bits per heavy atom. The number of rotatable bonds is 7. The molecule has 0 atom stereocenters. The maximum Gasteiger partial charge on any atom is 0.389 e. The molecule has 0 aliphatic heterocycles. The summed E-state index contributed by atoms with van der Waals surface area (Å²) in [6.45, 7) is 0.947. The molecule has 18 heavy (non-hydrogen) atoms. The van der Waals surface area contributed by atoms with E-state index >= 15 is 0 Å². The zero-order valence-corrected chi connectivity index (χ0v) is 10.8. The van der Waals surface area contributed by atoms with Crippen LogP contribution in [-0.2, 0) is 12.8 Å². The molecule has 102 valence electrons. The number of hydrogen-bond acceptors (Lipinski definition) is 4. The van der Waals surface area contributed by atoms with Crippen LogP contribution in [0, 0.1) is 0 Å². The third-order valence-corrected chi connectivity index (χ3v) is 3.75. The Hall–Kier alpha value is -0.690. The molecule has 0 amide bonds. The summed E-state index contributed by atoms with van der Waals surface area (Å²) in [5.74, 6) is 0. The highest BCUT2D eigenvalue weighted by molar-refractivity contribution is 7.11. The lowest BCUT2D eigenvalue weighted by atomic mass is 10.3. The number of alkyl halides is 3. The van der Waals surface area contributed by atoms with Crippen LogP contribution >= 0.6 is 11.3 Å². The first-order valence-corrected chi connectivity index (χ1v) is 6.96. The van der Waals surface area contributed by atoms with Crippen LogP contribution in [0.2, 0.25) is 0 Å². The lowest BCUT2D eigenvalue weighted by Crippen LogP contribution is -2.17. The van der Waals surface area contributed by atoms with Crippen molar-refractivity contribution in [3.05, 3.63) is 10.0 Å². The Morgan fingerprint density at radius 1 is 1.17 bits per heavy atom. The van der Waals surface area contributed by atoms with Crippen LogP contribution in [0.3, 0.4) is 0 Å². The molecule has 1 saturated carbocycles. The van der Waals surface area contributed by atoms with Gasteiger partial charge in [-0.3, -0.25) is 0 Å². The van der Waals surface area contributed by atoms with E-state index in [9.17, 15) is 13.2 Å². The Balaban J connectivity index is 1.65. The number of aromatic nitrogens is 2. The van der Waals surface area contributed by atoms with Gasteiger partial charge in [-0.15, -0.1) is 21.5 Å². The van der Waals surface area contributed by atoms with Gasteiger partial charge in [-0.1, -0.05) is 0 Å². The molecule has 1 aromatic rings. The summed E-state index contributed by atoms with van der Waals surface area (Å²) in [4.78, 5) is 0. The molecule has 3 nitrogen and oxygen atoms in total. The van der Waals surface area contributed by atoms with E-state index in [1.807, 2.05) is 0 Å². The molecule has 0 radical (unpaired) electrons. The van der Waals surface area contributed by atoms with Crippen molar-refractivity contribution in [3.8, 4) is 0 Å². The molecule has 7 heteroatoms. The third-order valence-electron chi connectivity index (χ3n) is 2.71. The van der Waals surface area contributed by atoms with E-state index in [1.165, 1.54) is 24.2 Å². The van der Waals surface area contributed by atoms with Crippen molar-refractivity contribution in [1.29, 1.82) is 0 Å². The Bertz CT molecular complexity index is 374. The minimum absolute atomic E-state index is 0.0541. The highest BCUT2D eigenvalue weighted by Gasteiger charge is 2.27. The first-order chi connectivity index (χ1) is 8.53. The average Bonchev–Trinajstić information content (AvgIpc) is 3.00. The van der Waals surface area contributed by atoms with Crippen molar-refractivity contribution >= 4 is 11.3 Å². The van der Waals surface area contributed by atoms with Crippen molar-refractivity contribution in [2.45, 2.75) is 50.7 Å². The second-order valence-corrected chi connectivity index (χ2v) is 5.68. The van der Waals surface area contributed by atoms with Crippen molar-refractivity contribution in [2.75, 3.05) is 6.54 Å². The number of nitrogens with one attached hydrogen (secondary N) is 1. The molecule has 1 aromatic heterocycles. The number of hydrogen-bond donors (Lipinski definition) is 1. The fourth-order valence-electron chi connectivity index (χ4n) is 1.57. The minimum atomic E-state index is -4.11. The molecule has 0 saturated heterocycles. The first kappa shape index (κ1) is 13.7. The molecule has 1 aliphatic rings. The van der Waals surface area contributed by atoms with E-state index in [0.29, 0.717) is 11.0 Å². The second kappa shape index (κ2) is 5.97. The van der Waals surface area contributed by atoms with Gasteiger partial charge in [-0.25, -0.2) is 0 Å². The zero-order chi connectivity index (χ0) is 13.0. The van der Waals surface area contributed by atoms with Crippen molar-refractivity contribution in [3.63, 3.8) is 0 Å². The Labute approximate surface area is 108 Å². The van der Waals surface area contributed by atoms with E-state index < -0.39 is 12.6 Å². The zero-order valence-electron chi connectivity index (χ0n) is 9.96. The largest absolute Gasteiger partial charge is 0.389 e. The highest BCUT2D eigenvalue weighted by Crippen LogP contribution is 2.23. The first-order valence-electron chi connectivity index (χ1n) is 6.14. The molecule has 2 rings (SSSR count). The predicted octanol–water partition coefficient (Wildman–Crippen LogP) is 2.72. The molecule has 1 heterocycles. The minimum Gasteiger partial charge on any atom is -0.314 e. The van der Waals surface area contributed by atoms with Crippen LogP contribution in [0.4, 0.5) is 13.2 Å². The Kier molecular flexibility index (Phi) is 4.55. The molecule has 0 spiro atoms. The van der Waals surface area contributed by atoms with E-state index in [-0.39, 0.29) is 6.42 Å². The summed E-state index contributed by atoms with van der Waals surface area (Å²) in [6.07, 6.45) is -0.693. The van der Waals surface area contributed by atoms with Crippen LogP contribution in [0.25, 0.3) is 0 Å². The monoisotopic (exact) mass is 279 g/mol. The second-order valence-electron chi connectivity index (χ2n) is 4.54. The normalized spacial score (nSPS) is 16.2. The highest BCUT2D eigenvalue weighted by atomic mass is 32.1. The van der Waals surface area contributed by atoms with Gasteiger partial charge in [0.2, 0.25) is 0 Å². The van der Waals surface area contributed by atoms with Gasteiger partial charge in [0.25, 0.3) is 0 Å². The van der Waals surface area contributed by atoms with Gasteiger partial charge in [-0.05, 0) is 25.8 Å². The average molecular weight is 279 g/mol. The summed E-state index contributed by atoms with van der Waals surface area (Å²) < 4.78 is 36.1. The fourth-order valence-corrected chi connectivity index (χ4v) is 2.46. The molecule has 0 bridgehead atoms. The summed E-state index contributed by atoms with van der Waals surface area (Å²) >= 11 is 1.30. The van der Waals surface area contributed by atoms with Gasteiger partial charge in [-0.2, -0.15) is 13.2 Å². The SMILES string of the molecule is FC(F)(F)CCc1nnc(CCCNC2CC2)s1. The van der Waals surface area contributed by atoms with Crippen LogP contribution in [0.15, 0.2) is 0 Å². The molecule has 1 N–H and O–H groups in total. The van der Waals surface area contributed by atoms with Gasteiger partial charge in [0.1, 0.15) is 10.0 Å². The Morgan fingerprint density at radius 2 is 1.83 bits per heavy atom. The standard InChI is InChI=1S/C11H16F3N3S/c12-11(13,14)6-5-10-17-16-9(18-10)2-1-7-15-8-3-4-8/h8,15H,1-7H2. The van der Waals surface area contributed by atoms with Crippen LogP contribution in [0.1, 0.15) is 35.7 Å². The quantitative estimate of drug-likeness (QED) is 0.780. The van der Waals surface area contributed by atoms with Crippen LogP contribution < -0.4 is 5.32 Å². The maximum absolute atomic E-state index is 12.0. The smallest absolute Gasteiger partial charge is 0.314 e. The van der Waals surface area contributed by atoms with Crippen molar-refractivity contribution in [2.24, 2.45) is 0 Å². The maximum atomic E-state index is 12.0. The van der Waals surface area contributed by atoms with Crippen molar-refractivity contribution < 1.29 is 13.2 Å².